The average molecular weight is 347 g/mol. The molecule has 3 N–H and O–H groups in total. The SMILES string of the molecule is OB(O)c1ccc(OCc2ccccc2)cc1CNCc1ccccc1. The van der Waals surface area contributed by atoms with Gasteiger partial charge in [0, 0.05) is 13.1 Å². The van der Waals surface area contributed by atoms with Gasteiger partial charge in [0.2, 0.25) is 0 Å². The molecule has 0 radical (unpaired) electrons. The van der Waals surface area contributed by atoms with E-state index in [1.54, 1.807) is 12.1 Å². The van der Waals surface area contributed by atoms with E-state index in [1.165, 1.54) is 5.56 Å². The summed E-state index contributed by atoms with van der Waals surface area (Å²) in [6.07, 6.45) is 0. The number of rotatable bonds is 8. The maximum atomic E-state index is 9.61. The molecule has 0 saturated carbocycles. The molecule has 3 aromatic carbocycles. The molecule has 0 spiro atoms. The second kappa shape index (κ2) is 9.20. The van der Waals surface area contributed by atoms with Gasteiger partial charge in [-0.15, -0.1) is 0 Å². The van der Waals surface area contributed by atoms with Crippen molar-refractivity contribution < 1.29 is 14.8 Å². The third kappa shape index (κ3) is 5.20. The molecule has 4 nitrogen and oxygen atoms in total. The quantitative estimate of drug-likeness (QED) is 0.547. The van der Waals surface area contributed by atoms with Crippen molar-refractivity contribution in [2.45, 2.75) is 19.7 Å². The summed E-state index contributed by atoms with van der Waals surface area (Å²) in [6, 6.07) is 25.3. The Bertz CT molecular complexity index is 810. The molecular formula is C21H22BNO3. The van der Waals surface area contributed by atoms with Gasteiger partial charge in [-0.2, -0.15) is 0 Å². The molecule has 0 aromatic heterocycles. The van der Waals surface area contributed by atoms with E-state index < -0.39 is 7.12 Å². The van der Waals surface area contributed by atoms with Gasteiger partial charge in [0.25, 0.3) is 0 Å². The first kappa shape index (κ1) is 18.2. The minimum atomic E-state index is -1.51. The first-order chi connectivity index (χ1) is 12.7. The first-order valence-electron chi connectivity index (χ1n) is 8.63. The molecular weight excluding hydrogens is 325 g/mol. The van der Waals surface area contributed by atoms with Gasteiger partial charge >= 0.3 is 7.12 Å². The molecule has 0 atom stereocenters. The number of benzene rings is 3. The van der Waals surface area contributed by atoms with Crippen molar-refractivity contribution in [3.05, 3.63) is 95.6 Å². The fourth-order valence-corrected chi connectivity index (χ4v) is 2.76. The largest absolute Gasteiger partial charge is 0.489 e. The highest BCUT2D eigenvalue weighted by Crippen LogP contribution is 2.15. The summed E-state index contributed by atoms with van der Waals surface area (Å²) >= 11 is 0. The summed E-state index contributed by atoms with van der Waals surface area (Å²) in [7, 11) is -1.51. The molecule has 5 heteroatoms. The van der Waals surface area contributed by atoms with Crippen LogP contribution in [0.15, 0.2) is 78.9 Å². The van der Waals surface area contributed by atoms with Crippen molar-refractivity contribution >= 4 is 12.6 Å². The van der Waals surface area contributed by atoms with Crippen LogP contribution in [0.25, 0.3) is 0 Å². The van der Waals surface area contributed by atoms with Crippen LogP contribution < -0.4 is 15.5 Å². The summed E-state index contributed by atoms with van der Waals surface area (Å²) < 4.78 is 5.84. The Hall–Kier alpha value is -2.60. The smallest absolute Gasteiger partial charge is 0.488 e. The predicted molar refractivity (Wildman–Crippen MR) is 104 cm³/mol. The second-order valence-corrected chi connectivity index (χ2v) is 6.10. The van der Waals surface area contributed by atoms with Crippen LogP contribution in [0.1, 0.15) is 16.7 Å². The summed E-state index contributed by atoms with van der Waals surface area (Å²) in [5.74, 6) is 0.703. The van der Waals surface area contributed by atoms with Gasteiger partial charge in [-0.05, 0) is 34.3 Å². The Morgan fingerprint density at radius 1 is 0.769 bits per heavy atom. The van der Waals surface area contributed by atoms with Crippen LogP contribution in [0.4, 0.5) is 0 Å². The molecule has 0 unspecified atom stereocenters. The van der Waals surface area contributed by atoms with Crippen LogP contribution in [0.3, 0.4) is 0 Å². The molecule has 0 aliphatic carbocycles. The monoisotopic (exact) mass is 347 g/mol. The normalized spacial score (nSPS) is 10.5. The molecule has 0 heterocycles. The van der Waals surface area contributed by atoms with Crippen LogP contribution in [-0.4, -0.2) is 17.2 Å². The third-order valence-electron chi connectivity index (χ3n) is 4.13. The molecule has 0 fully saturated rings. The van der Waals surface area contributed by atoms with Crippen molar-refractivity contribution in [2.24, 2.45) is 0 Å². The first-order valence-corrected chi connectivity index (χ1v) is 8.63. The number of nitrogens with one attached hydrogen (secondary N) is 1. The highest BCUT2D eigenvalue weighted by atomic mass is 16.5. The molecule has 0 aliphatic heterocycles. The fraction of sp³-hybridized carbons (Fsp3) is 0.143. The van der Waals surface area contributed by atoms with Crippen LogP contribution >= 0.6 is 0 Å². The maximum Gasteiger partial charge on any atom is 0.488 e. The Kier molecular flexibility index (Phi) is 6.44. The lowest BCUT2D eigenvalue weighted by Gasteiger charge is -2.13. The Balaban J connectivity index is 1.65. The van der Waals surface area contributed by atoms with Gasteiger partial charge in [-0.3, -0.25) is 0 Å². The third-order valence-corrected chi connectivity index (χ3v) is 4.13. The molecule has 0 aliphatic rings. The summed E-state index contributed by atoms with van der Waals surface area (Å²) in [6.45, 7) is 1.69. The van der Waals surface area contributed by atoms with E-state index in [0.29, 0.717) is 30.9 Å². The zero-order valence-corrected chi connectivity index (χ0v) is 14.5. The second-order valence-electron chi connectivity index (χ2n) is 6.10. The highest BCUT2D eigenvalue weighted by molar-refractivity contribution is 6.59. The molecule has 0 saturated heterocycles. The van der Waals surface area contributed by atoms with E-state index in [4.69, 9.17) is 4.74 Å². The van der Waals surface area contributed by atoms with Crippen LogP contribution in [0.5, 0.6) is 5.75 Å². The van der Waals surface area contributed by atoms with Gasteiger partial charge in [0.15, 0.2) is 0 Å². The van der Waals surface area contributed by atoms with E-state index in [-0.39, 0.29) is 0 Å². The Morgan fingerprint density at radius 3 is 2.08 bits per heavy atom. The Morgan fingerprint density at radius 2 is 1.42 bits per heavy atom. The van der Waals surface area contributed by atoms with E-state index in [1.807, 2.05) is 66.7 Å². The lowest BCUT2D eigenvalue weighted by atomic mass is 9.77. The van der Waals surface area contributed by atoms with E-state index in [9.17, 15) is 10.0 Å². The van der Waals surface area contributed by atoms with Gasteiger partial charge in [0.1, 0.15) is 12.4 Å². The van der Waals surface area contributed by atoms with Crippen LogP contribution in [0, 0.1) is 0 Å². The highest BCUT2D eigenvalue weighted by Gasteiger charge is 2.16. The molecule has 132 valence electrons. The zero-order chi connectivity index (χ0) is 18.2. The zero-order valence-electron chi connectivity index (χ0n) is 14.5. The molecule has 3 aromatic rings. The fourth-order valence-electron chi connectivity index (χ4n) is 2.76. The van der Waals surface area contributed by atoms with Crippen molar-refractivity contribution in [3.63, 3.8) is 0 Å². The lowest BCUT2D eigenvalue weighted by Crippen LogP contribution is -2.34. The molecule has 0 amide bonds. The summed E-state index contributed by atoms with van der Waals surface area (Å²) in [5.41, 5.74) is 3.55. The van der Waals surface area contributed by atoms with Crippen LogP contribution in [-0.2, 0) is 19.7 Å². The van der Waals surface area contributed by atoms with Crippen molar-refractivity contribution in [1.29, 1.82) is 0 Å². The van der Waals surface area contributed by atoms with Crippen molar-refractivity contribution in [1.82, 2.24) is 5.32 Å². The Labute approximate surface area is 154 Å². The van der Waals surface area contributed by atoms with Crippen molar-refractivity contribution in [3.8, 4) is 5.75 Å². The number of hydrogen-bond donors (Lipinski definition) is 3. The topological polar surface area (TPSA) is 61.7 Å². The summed E-state index contributed by atoms with van der Waals surface area (Å²) in [5, 5.41) is 22.5. The molecule has 26 heavy (non-hydrogen) atoms. The molecule has 0 bridgehead atoms. The van der Waals surface area contributed by atoms with Gasteiger partial charge in [-0.1, -0.05) is 66.7 Å². The predicted octanol–water partition coefficient (Wildman–Crippen LogP) is 2.24. The van der Waals surface area contributed by atoms with Gasteiger partial charge in [-0.25, -0.2) is 0 Å². The summed E-state index contributed by atoms with van der Waals surface area (Å²) in [4.78, 5) is 0. The number of hydrogen-bond acceptors (Lipinski definition) is 4. The van der Waals surface area contributed by atoms with Gasteiger partial charge in [0.05, 0.1) is 0 Å². The minimum absolute atomic E-state index is 0.471. The lowest BCUT2D eigenvalue weighted by molar-refractivity contribution is 0.306. The minimum Gasteiger partial charge on any atom is -0.489 e. The van der Waals surface area contributed by atoms with E-state index in [2.05, 4.69) is 5.32 Å². The van der Waals surface area contributed by atoms with E-state index in [0.717, 1.165) is 11.1 Å². The number of ether oxygens (including phenoxy) is 1. The van der Waals surface area contributed by atoms with E-state index >= 15 is 0 Å². The maximum absolute atomic E-state index is 9.61. The van der Waals surface area contributed by atoms with Gasteiger partial charge < -0.3 is 20.1 Å². The molecule has 3 rings (SSSR count). The average Bonchev–Trinajstić information content (AvgIpc) is 2.68. The van der Waals surface area contributed by atoms with Crippen LogP contribution in [0.2, 0.25) is 0 Å². The van der Waals surface area contributed by atoms with Crippen molar-refractivity contribution in [2.75, 3.05) is 0 Å². The standard InChI is InChI=1S/C21H22BNO3/c24-22(25)21-12-11-20(26-16-18-9-5-2-6-10-18)13-19(21)15-23-14-17-7-3-1-4-8-17/h1-13,23-25H,14-16H2.